The first-order chi connectivity index (χ1) is 10.3. The van der Waals surface area contributed by atoms with Crippen LogP contribution in [-0.2, 0) is 4.74 Å². The molecule has 22 heavy (non-hydrogen) atoms. The number of ether oxygens (including phenoxy) is 2. The highest BCUT2D eigenvalue weighted by Crippen LogP contribution is 2.30. The van der Waals surface area contributed by atoms with Crippen LogP contribution in [0.3, 0.4) is 0 Å². The summed E-state index contributed by atoms with van der Waals surface area (Å²) in [6.07, 6.45) is 1.71. The van der Waals surface area contributed by atoms with Crippen LogP contribution >= 0.6 is 15.9 Å². The predicted octanol–water partition coefficient (Wildman–Crippen LogP) is 3.97. The van der Waals surface area contributed by atoms with Crippen LogP contribution in [0.25, 0.3) is 0 Å². The summed E-state index contributed by atoms with van der Waals surface area (Å²) in [5.41, 5.74) is 0.483. The van der Waals surface area contributed by atoms with Crippen LogP contribution < -0.4 is 4.74 Å². The van der Waals surface area contributed by atoms with Gasteiger partial charge in [0.05, 0.1) is 11.6 Å². The lowest BCUT2D eigenvalue weighted by molar-refractivity contribution is 0.0197. The Hall–Kier alpha value is -1.30. The molecule has 6 heteroatoms. The first-order valence-electron chi connectivity index (χ1n) is 7.48. The first kappa shape index (κ1) is 17.1. The van der Waals surface area contributed by atoms with Crippen molar-refractivity contribution < 1.29 is 14.3 Å². The minimum Gasteiger partial charge on any atom is -0.480 e. The van der Waals surface area contributed by atoms with Crippen molar-refractivity contribution in [3.8, 4) is 5.88 Å². The molecule has 0 aromatic carbocycles. The number of methoxy groups -OCH3 is 1. The zero-order valence-corrected chi connectivity index (χ0v) is 15.1. The van der Waals surface area contributed by atoms with Crippen LogP contribution in [0.15, 0.2) is 16.6 Å². The number of likely N-dealkylation sites (tertiary alicyclic amines) is 1. The van der Waals surface area contributed by atoms with Gasteiger partial charge >= 0.3 is 6.09 Å². The molecule has 0 aliphatic carbocycles. The molecule has 0 spiro atoms. The number of piperidine rings is 1. The molecule has 0 N–H and O–H groups in total. The van der Waals surface area contributed by atoms with Gasteiger partial charge in [0, 0.05) is 24.7 Å². The van der Waals surface area contributed by atoms with Gasteiger partial charge in [0.1, 0.15) is 5.60 Å². The predicted molar refractivity (Wildman–Crippen MR) is 88.3 cm³/mol. The van der Waals surface area contributed by atoms with Gasteiger partial charge in [-0.15, -0.1) is 0 Å². The largest absolute Gasteiger partial charge is 0.480 e. The van der Waals surface area contributed by atoms with Crippen molar-refractivity contribution in [2.75, 3.05) is 20.2 Å². The molecule has 1 saturated heterocycles. The Bertz CT molecular complexity index is 543. The molecule has 1 unspecified atom stereocenters. The highest BCUT2D eigenvalue weighted by atomic mass is 79.9. The molecule has 1 aliphatic heterocycles. The van der Waals surface area contributed by atoms with Gasteiger partial charge in [0.2, 0.25) is 5.88 Å². The second-order valence-corrected chi connectivity index (χ2v) is 7.35. The van der Waals surface area contributed by atoms with Crippen molar-refractivity contribution in [3.63, 3.8) is 0 Å². The van der Waals surface area contributed by atoms with Gasteiger partial charge in [0.25, 0.3) is 0 Å². The number of hydrogen-bond donors (Lipinski definition) is 0. The molecule has 5 nitrogen and oxygen atoms in total. The van der Waals surface area contributed by atoms with Crippen LogP contribution in [-0.4, -0.2) is 41.8 Å². The second kappa shape index (κ2) is 6.86. The number of carbonyl (C=O) groups is 1. The highest BCUT2D eigenvalue weighted by Gasteiger charge is 2.29. The zero-order valence-electron chi connectivity index (χ0n) is 13.6. The molecule has 1 aromatic rings. The summed E-state index contributed by atoms with van der Waals surface area (Å²) >= 11 is 3.41. The maximum Gasteiger partial charge on any atom is 0.410 e. The number of hydrogen-bond acceptors (Lipinski definition) is 4. The number of rotatable bonds is 2. The summed E-state index contributed by atoms with van der Waals surface area (Å²) in [4.78, 5) is 18.5. The van der Waals surface area contributed by atoms with Crippen LogP contribution in [0.5, 0.6) is 5.88 Å². The van der Waals surface area contributed by atoms with Crippen molar-refractivity contribution in [3.05, 3.63) is 22.3 Å². The molecule has 0 radical (unpaired) electrons. The van der Waals surface area contributed by atoms with E-state index < -0.39 is 5.60 Å². The molecule has 0 bridgehead atoms. The van der Waals surface area contributed by atoms with Gasteiger partial charge < -0.3 is 14.4 Å². The fraction of sp³-hybridized carbons (Fsp3) is 0.625. The molecule has 0 saturated carbocycles. The van der Waals surface area contributed by atoms with E-state index in [4.69, 9.17) is 9.47 Å². The molecule has 122 valence electrons. The van der Waals surface area contributed by atoms with Gasteiger partial charge in [-0.3, -0.25) is 0 Å². The van der Waals surface area contributed by atoms with Crippen molar-refractivity contribution in [2.24, 2.45) is 0 Å². The Morgan fingerprint density at radius 2 is 2.14 bits per heavy atom. The lowest BCUT2D eigenvalue weighted by Crippen LogP contribution is -2.42. The van der Waals surface area contributed by atoms with Crippen molar-refractivity contribution in [2.45, 2.75) is 45.1 Å². The highest BCUT2D eigenvalue weighted by molar-refractivity contribution is 9.10. The third-order valence-electron chi connectivity index (χ3n) is 3.52. The molecule has 1 amide bonds. The van der Waals surface area contributed by atoms with E-state index in [0.717, 1.165) is 29.6 Å². The summed E-state index contributed by atoms with van der Waals surface area (Å²) in [5.74, 6) is 0.787. The summed E-state index contributed by atoms with van der Waals surface area (Å²) in [6.45, 7) is 7.01. The van der Waals surface area contributed by atoms with Gasteiger partial charge in [-0.25, -0.2) is 9.78 Å². The Kier molecular flexibility index (Phi) is 5.32. The maximum atomic E-state index is 12.2. The average Bonchev–Trinajstić information content (AvgIpc) is 2.46. The molecular formula is C16H23BrN2O3. The van der Waals surface area contributed by atoms with E-state index in [-0.39, 0.29) is 12.0 Å². The van der Waals surface area contributed by atoms with Crippen molar-refractivity contribution >= 4 is 22.0 Å². The van der Waals surface area contributed by atoms with Gasteiger partial charge in [-0.05, 0) is 61.7 Å². The van der Waals surface area contributed by atoms with E-state index in [2.05, 4.69) is 20.9 Å². The standard InChI is InChI=1S/C16H23BrN2O3/c1-16(2,3)22-15(20)19-9-5-6-11(10-19)13-8-7-12(17)14(18-13)21-4/h7-8,11H,5-6,9-10H2,1-4H3. The smallest absolute Gasteiger partial charge is 0.410 e. The number of nitrogens with zero attached hydrogens (tertiary/aromatic N) is 2. The van der Waals surface area contributed by atoms with E-state index in [1.165, 1.54) is 0 Å². The van der Waals surface area contributed by atoms with Gasteiger partial charge in [-0.1, -0.05) is 0 Å². The minimum absolute atomic E-state index is 0.211. The average molecular weight is 371 g/mol. The lowest BCUT2D eigenvalue weighted by Gasteiger charge is -2.34. The number of carbonyl (C=O) groups excluding carboxylic acids is 1. The molecule has 1 atom stereocenters. The number of amides is 1. The van der Waals surface area contributed by atoms with Crippen LogP contribution in [0.2, 0.25) is 0 Å². The Labute approximate surface area is 140 Å². The molecule has 1 aromatic heterocycles. The Balaban J connectivity index is 2.09. The molecule has 2 rings (SSSR count). The normalized spacial score (nSPS) is 19.0. The van der Waals surface area contributed by atoms with Crippen LogP contribution in [0, 0.1) is 0 Å². The van der Waals surface area contributed by atoms with E-state index in [1.807, 2.05) is 32.9 Å². The molecule has 2 heterocycles. The van der Waals surface area contributed by atoms with E-state index in [1.54, 1.807) is 12.0 Å². The van der Waals surface area contributed by atoms with Crippen molar-refractivity contribution in [1.29, 1.82) is 0 Å². The van der Waals surface area contributed by atoms with Crippen molar-refractivity contribution in [1.82, 2.24) is 9.88 Å². The van der Waals surface area contributed by atoms with E-state index in [9.17, 15) is 4.79 Å². The third kappa shape index (κ3) is 4.35. The minimum atomic E-state index is -0.469. The molecular weight excluding hydrogens is 348 g/mol. The third-order valence-corrected chi connectivity index (χ3v) is 4.12. The van der Waals surface area contributed by atoms with Gasteiger partial charge in [-0.2, -0.15) is 0 Å². The van der Waals surface area contributed by atoms with Gasteiger partial charge in [0.15, 0.2) is 0 Å². The first-order valence-corrected chi connectivity index (χ1v) is 8.28. The summed E-state index contributed by atoms with van der Waals surface area (Å²) < 4.78 is 11.5. The topological polar surface area (TPSA) is 51.7 Å². The maximum absolute atomic E-state index is 12.2. The summed E-state index contributed by atoms with van der Waals surface area (Å²) in [7, 11) is 1.60. The lowest BCUT2D eigenvalue weighted by atomic mass is 9.94. The summed E-state index contributed by atoms with van der Waals surface area (Å²) in [5, 5.41) is 0. The fourth-order valence-electron chi connectivity index (χ4n) is 2.52. The zero-order chi connectivity index (χ0) is 16.3. The molecule has 1 aliphatic rings. The summed E-state index contributed by atoms with van der Waals surface area (Å²) in [6, 6.07) is 3.92. The van der Waals surface area contributed by atoms with E-state index in [0.29, 0.717) is 12.4 Å². The van der Waals surface area contributed by atoms with Crippen LogP contribution in [0.4, 0.5) is 4.79 Å². The fourth-order valence-corrected chi connectivity index (χ4v) is 2.90. The second-order valence-electron chi connectivity index (χ2n) is 6.49. The quantitative estimate of drug-likeness (QED) is 0.790. The monoisotopic (exact) mass is 370 g/mol. The Morgan fingerprint density at radius 1 is 1.41 bits per heavy atom. The number of aromatic nitrogens is 1. The SMILES string of the molecule is COc1nc(C2CCCN(C(=O)OC(C)(C)C)C2)ccc1Br. The molecule has 1 fully saturated rings. The van der Waals surface area contributed by atoms with E-state index >= 15 is 0 Å². The number of halogens is 1. The Morgan fingerprint density at radius 3 is 2.77 bits per heavy atom. The number of pyridine rings is 1. The van der Waals surface area contributed by atoms with Crippen LogP contribution in [0.1, 0.15) is 45.2 Å².